The quantitative estimate of drug-likeness (QED) is 0.208. The van der Waals surface area contributed by atoms with E-state index in [1.165, 1.54) is 6.21 Å². The molecule has 154 valence electrons. The molecular formula is C15H24N2O10. The number of carboxylic acid groups (broad SMARTS) is 1. The van der Waals surface area contributed by atoms with Crippen molar-refractivity contribution >= 4 is 18.3 Å². The van der Waals surface area contributed by atoms with Crippen LogP contribution in [0.3, 0.4) is 0 Å². The molecule has 2 aliphatic heterocycles. The third kappa shape index (κ3) is 4.65. The summed E-state index contributed by atoms with van der Waals surface area (Å²) >= 11 is 0. The van der Waals surface area contributed by atoms with Gasteiger partial charge in [0.25, 0.3) is 5.79 Å². The SMILES string of the molecule is CC1(COC(=O)NC[C@@H](O)C2O[C@@](O)(C(=O)O)C[C@@H](O)[C@H]2O)CCC=[N+]1[O-]. The second kappa shape index (κ2) is 7.94. The normalized spacial score (nSPS) is 37.4. The molecule has 2 rings (SSSR count). The average molecular weight is 392 g/mol. The van der Waals surface area contributed by atoms with Gasteiger partial charge in [-0.25, -0.2) is 14.3 Å². The van der Waals surface area contributed by atoms with Gasteiger partial charge in [-0.2, -0.15) is 0 Å². The molecule has 0 aliphatic carbocycles. The van der Waals surface area contributed by atoms with Gasteiger partial charge in [-0.1, -0.05) is 0 Å². The van der Waals surface area contributed by atoms with Crippen LogP contribution in [-0.4, -0.2) is 97.4 Å². The van der Waals surface area contributed by atoms with E-state index in [0.29, 0.717) is 12.8 Å². The van der Waals surface area contributed by atoms with Gasteiger partial charge in [0.1, 0.15) is 18.3 Å². The van der Waals surface area contributed by atoms with Gasteiger partial charge < -0.3 is 45.5 Å². The van der Waals surface area contributed by atoms with Crippen LogP contribution in [0.4, 0.5) is 4.79 Å². The number of rotatable bonds is 6. The lowest BCUT2D eigenvalue weighted by Gasteiger charge is -2.41. The van der Waals surface area contributed by atoms with Crippen molar-refractivity contribution in [2.75, 3.05) is 13.2 Å². The van der Waals surface area contributed by atoms with Gasteiger partial charge in [-0.15, -0.1) is 0 Å². The summed E-state index contributed by atoms with van der Waals surface area (Å²) in [7, 11) is 0. The number of aliphatic hydroxyl groups excluding tert-OH is 3. The van der Waals surface area contributed by atoms with Crippen LogP contribution in [0.5, 0.6) is 0 Å². The molecule has 2 unspecified atom stereocenters. The van der Waals surface area contributed by atoms with E-state index in [1.54, 1.807) is 6.92 Å². The molecule has 12 nitrogen and oxygen atoms in total. The monoisotopic (exact) mass is 392 g/mol. The predicted octanol–water partition coefficient (Wildman–Crippen LogP) is -2.51. The third-order valence-corrected chi connectivity index (χ3v) is 4.74. The Kier molecular flexibility index (Phi) is 6.27. The summed E-state index contributed by atoms with van der Waals surface area (Å²) < 4.78 is 10.5. The van der Waals surface area contributed by atoms with Crippen LogP contribution >= 0.6 is 0 Å². The Labute approximate surface area is 154 Å². The van der Waals surface area contributed by atoms with E-state index in [4.69, 9.17) is 14.6 Å². The maximum atomic E-state index is 11.7. The Morgan fingerprint density at radius 2 is 2.15 bits per heavy atom. The van der Waals surface area contributed by atoms with E-state index in [-0.39, 0.29) is 6.61 Å². The van der Waals surface area contributed by atoms with Crippen LogP contribution in [0.15, 0.2) is 0 Å². The van der Waals surface area contributed by atoms with Crippen molar-refractivity contribution < 1.29 is 49.3 Å². The molecular weight excluding hydrogens is 368 g/mol. The number of aliphatic hydroxyl groups is 4. The van der Waals surface area contributed by atoms with Crippen LogP contribution < -0.4 is 5.32 Å². The van der Waals surface area contributed by atoms with Gasteiger partial charge in [-0.05, 0) is 0 Å². The molecule has 0 bridgehead atoms. The summed E-state index contributed by atoms with van der Waals surface area (Å²) in [5.74, 6) is -4.57. The van der Waals surface area contributed by atoms with Gasteiger partial charge in [0.2, 0.25) is 5.54 Å². The zero-order chi connectivity index (χ0) is 20.4. The number of carboxylic acids is 1. The highest BCUT2D eigenvalue weighted by Crippen LogP contribution is 2.29. The summed E-state index contributed by atoms with van der Waals surface area (Å²) in [4.78, 5) is 22.8. The zero-order valence-electron chi connectivity index (χ0n) is 14.6. The summed E-state index contributed by atoms with van der Waals surface area (Å²) in [5.41, 5.74) is -0.874. The summed E-state index contributed by atoms with van der Waals surface area (Å²) in [6.07, 6.45) is -5.88. The highest BCUT2D eigenvalue weighted by Gasteiger charge is 2.52. The Morgan fingerprint density at radius 3 is 2.70 bits per heavy atom. The highest BCUT2D eigenvalue weighted by atomic mass is 16.7. The first kappa shape index (κ1) is 21.3. The number of hydrogen-bond donors (Lipinski definition) is 6. The number of hydroxylamine groups is 1. The molecule has 0 aromatic rings. The van der Waals surface area contributed by atoms with Gasteiger partial charge in [0.05, 0.1) is 6.10 Å². The van der Waals surface area contributed by atoms with Crippen molar-refractivity contribution in [3.63, 3.8) is 0 Å². The number of hydrogen-bond acceptors (Lipinski definition) is 9. The van der Waals surface area contributed by atoms with Crippen LogP contribution in [-0.2, 0) is 14.3 Å². The molecule has 0 saturated carbocycles. The highest BCUT2D eigenvalue weighted by molar-refractivity contribution is 5.75. The number of aliphatic carboxylic acids is 1. The predicted molar refractivity (Wildman–Crippen MR) is 86.8 cm³/mol. The minimum absolute atomic E-state index is 0.186. The number of amides is 1. The first-order chi connectivity index (χ1) is 12.5. The molecule has 0 aromatic carbocycles. The lowest BCUT2D eigenvalue weighted by molar-refractivity contribution is -0.536. The Bertz CT molecular complexity index is 613. The Morgan fingerprint density at radius 1 is 1.48 bits per heavy atom. The topological polar surface area (TPSA) is 192 Å². The third-order valence-electron chi connectivity index (χ3n) is 4.74. The van der Waals surface area contributed by atoms with Crippen molar-refractivity contribution in [1.29, 1.82) is 0 Å². The van der Waals surface area contributed by atoms with E-state index in [1.807, 2.05) is 0 Å². The van der Waals surface area contributed by atoms with Gasteiger partial charge in [-0.3, -0.25) is 0 Å². The van der Waals surface area contributed by atoms with Gasteiger partial charge >= 0.3 is 12.1 Å². The number of nitrogens with one attached hydrogen (secondary N) is 1. The van der Waals surface area contributed by atoms with Crippen LogP contribution in [0.2, 0.25) is 0 Å². The molecule has 2 aliphatic rings. The molecule has 0 aromatic heterocycles. The molecule has 0 spiro atoms. The molecule has 27 heavy (non-hydrogen) atoms. The molecule has 2 heterocycles. The lowest BCUT2D eigenvalue weighted by Crippen LogP contribution is -2.62. The summed E-state index contributed by atoms with van der Waals surface area (Å²) in [6.45, 7) is 0.924. The van der Waals surface area contributed by atoms with Crippen molar-refractivity contribution in [3.8, 4) is 0 Å². The van der Waals surface area contributed by atoms with Crippen molar-refractivity contribution in [3.05, 3.63) is 5.21 Å². The fourth-order valence-corrected chi connectivity index (χ4v) is 2.95. The number of nitrogens with zero attached hydrogens (tertiary/aromatic N) is 1. The molecule has 0 radical (unpaired) electrons. The fraction of sp³-hybridized carbons (Fsp3) is 0.800. The van der Waals surface area contributed by atoms with Crippen molar-refractivity contribution in [2.24, 2.45) is 0 Å². The number of ether oxygens (including phenoxy) is 2. The molecule has 6 atom stereocenters. The first-order valence-corrected chi connectivity index (χ1v) is 8.37. The Hall–Kier alpha value is -1.99. The molecule has 6 N–H and O–H groups in total. The van der Waals surface area contributed by atoms with E-state index < -0.39 is 60.8 Å². The van der Waals surface area contributed by atoms with Crippen molar-refractivity contribution in [1.82, 2.24) is 5.32 Å². The lowest BCUT2D eigenvalue weighted by atomic mass is 9.92. The zero-order valence-corrected chi connectivity index (χ0v) is 14.6. The molecule has 1 amide bonds. The minimum atomic E-state index is -2.78. The number of carbonyl (C=O) groups is 2. The Balaban J connectivity index is 1.86. The van der Waals surface area contributed by atoms with Gasteiger partial charge in [0, 0.05) is 32.7 Å². The van der Waals surface area contributed by atoms with Crippen LogP contribution in [0.1, 0.15) is 26.2 Å². The first-order valence-electron chi connectivity index (χ1n) is 8.37. The second-order valence-electron chi connectivity index (χ2n) is 7.00. The van der Waals surface area contributed by atoms with E-state index >= 15 is 0 Å². The standard InChI is InChI=1S/C15H24N2O10/c1-14(3-2-4-17(14)25)7-26-13(23)16-6-9(19)11-10(20)8(18)5-15(24,27-11)12(21)22/h4,8-11,18-20,24H,2-3,5-7H2,1H3,(H,16,23)(H,21,22)/t8-,9-,10-,11?,14?,15-/m1/s1. The average Bonchev–Trinajstić information content (AvgIpc) is 2.93. The van der Waals surface area contributed by atoms with E-state index in [0.717, 1.165) is 4.74 Å². The van der Waals surface area contributed by atoms with Crippen LogP contribution in [0, 0.1) is 5.21 Å². The number of carbonyl (C=O) groups excluding carboxylic acids is 1. The molecule has 12 heteroatoms. The maximum Gasteiger partial charge on any atom is 0.407 e. The maximum absolute atomic E-state index is 11.7. The van der Waals surface area contributed by atoms with Crippen LogP contribution in [0.25, 0.3) is 0 Å². The summed E-state index contributed by atoms with van der Waals surface area (Å²) in [6, 6.07) is 0. The van der Waals surface area contributed by atoms with E-state index in [2.05, 4.69) is 5.32 Å². The minimum Gasteiger partial charge on any atom is -0.624 e. The largest absolute Gasteiger partial charge is 0.624 e. The second-order valence-corrected chi connectivity index (χ2v) is 7.00. The fourth-order valence-electron chi connectivity index (χ4n) is 2.95. The van der Waals surface area contributed by atoms with Gasteiger partial charge in [0.15, 0.2) is 12.8 Å². The molecule has 1 saturated heterocycles. The van der Waals surface area contributed by atoms with Crippen molar-refractivity contribution in [2.45, 2.75) is 61.9 Å². The number of alkyl carbamates (subject to hydrolysis) is 1. The molecule has 1 fully saturated rings. The summed E-state index contributed by atoms with van der Waals surface area (Å²) in [5, 5.41) is 62.3. The van der Waals surface area contributed by atoms with E-state index in [9.17, 15) is 35.2 Å². The smallest absolute Gasteiger partial charge is 0.407 e.